The normalized spacial score (nSPS) is 23.6. The van der Waals surface area contributed by atoms with E-state index in [0.29, 0.717) is 6.04 Å². The van der Waals surface area contributed by atoms with Crippen molar-refractivity contribution in [2.45, 2.75) is 45.7 Å². The van der Waals surface area contributed by atoms with Gasteiger partial charge in [-0.2, -0.15) is 0 Å². The smallest absolute Gasteiger partial charge is 0.307 e. The Labute approximate surface area is 79.5 Å². The summed E-state index contributed by atoms with van der Waals surface area (Å²) in [5.74, 6) is -0.243. The van der Waals surface area contributed by atoms with Crippen molar-refractivity contribution in [3.63, 3.8) is 0 Å². The maximum absolute atomic E-state index is 10.7. The van der Waals surface area contributed by atoms with Gasteiger partial charge in [-0.05, 0) is 32.6 Å². The molecule has 1 aliphatic rings. The molecule has 0 heterocycles. The second-order valence-corrected chi connectivity index (χ2v) is 4.21. The number of aliphatic carboxylic acids is 1. The Kier molecular flexibility index (Phi) is 3.31. The molecule has 3 unspecified atom stereocenters. The highest BCUT2D eigenvalue weighted by molar-refractivity contribution is 5.70. The summed E-state index contributed by atoms with van der Waals surface area (Å²) >= 11 is 0. The van der Waals surface area contributed by atoms with Crippen molar-refractivity contribution < 1.29 is 9.90 Å². The molecule has 2 N–H and O–H groups in total. The Morgan fingerprint density at radius 2 is 1.92 bits per heavy atom. The molecule has 1 rings (SSSR count). The second-order valence-electron chi connectivity index (χ2n) is 4.21. The number of rotatable bonds is 5. The zero-order chi connectivity index (χ0) is 10.0. The highest BCUT2D eigenvalue weighted by Crippen LogP contribution is 2.32. The van der Waals surface area contributed by atoms with Crippen LogP contribution in [0.25, 0.3) is 0 Å². The van der Waals surface area contributed by atoms with E-state index in [-0.39, 0.29) is 12.0 Å². The highest BCUT2D eigenvalue weighted by Gasteiger charge is 2.30. The highest BCUT2D eigenvalue weighted by atomic mass is 16.4. The molecule has 0 spiro atoms. The molecule has 0 aromatic rings. The van der Waals surface area contributed by atoms with E-state index in [4.69, 9.17) is 5.11 Å². The Balaban J connectivity index is 2.30. The number of hydrogen-bond acceptors (Lipinski definition) is 2. The SMILES string of the molecule is CC(NC(C)C(C)C(=O)O)C1CC1. The summed E-state index contributed by atoms with van der Waals surface area (Å²) < 4.78 is 0. The zero-order valence-electron chi connectivity index (χ0n) is 8.58. The number of nitrogens with one attached hydrogen (secondary N) is 1. The van der Waals surface area contributed by atoms with Crippen LogP contribution in [-0.2, 0) is 4.79 Å². The number of carbonyl (C=O) groups is 1. The van der Waals surface area contributed by atoms with Gasteiger partial charge in [0, 0.05) is 12.1 Å². The number of carboxylic acids is 1. The minimum Gasteiger partial charge on any atom is -0.481 e. The molecular formula is C10H19NO2. The van der Waals surface area contributed by atoms with E-state index in [9.17, 15) is 4.79 Å². The lowest BCUT2D eigenvalue weighted by Gasteiger charge is -2.22. The Morgan fingerprint density at radius 3 is 2.31 bits per heavy atom. The molecule has 0 bridgehead atoms. The van der Waals surface area contributed by atoms with Crippen LogP contribution in [-0.4, -0.2) is 23.2 Å². The molecule has 13 heavy (non-hydrogen) atoms. The van der Waals surface area contributed by atoms with Crippen LogP contribution in [0.15, 0.2) is 0 Å². The maximum Gasteiger partial charge on any atom is 0.307 e. The van der Waals surface area contributed by atoms with Gasteiger partial charge in [-0.3, -0.25) is 4.79 Å². The third-order valence-electron chi connectivity index (χ3n) is 2.99. The first kappa shape index (κ1) is 10.5. The van der Waals surface area contributed by atoms with E-state index in [2.05, 4.69) is 12.2 Å². The van der Waals surface area contributed by atoms with Gasteiger partial charge in [0.2, 0.25) is 0 Å². The van der Waals surface area contributed by atoms with E-state index in [1.54, 1.807) is 6.92 Å². The molecule has 0 saturated heterocycles. The van der Waals surface area contributed by atoms with Crippen molar-refractivity contribution in [2.24, 2.45) is 11.8 Å². The van der Waals surface area contributed by atoms with Crippen molar-refractivity contribution in [3.05, 3.63) is 0 Å². The summed E-state index contributed by atoms with van der Waals surface area (Å²) in [6.45, 7) is 5.83. The molecule has 76 valence electrons. The predicted molar refractivity (Wildman–Crippen MR) is 51.6 cm³/mol. The van der Waals surface area contributed by atoms with Gasteiger partial charge >= 0.3 is 5.97 Å². The fourth-order valence-corrected chi connectivity index (χ4v) is 1.51. The Morgan fingerprint density at radius 1 is 1.38 bits per heavy atom. The molecule has 1 fully saturated rings. The van der Waals surface area contributed by atoms with Crippen molar-refractivity contribution in [1.29, 1.82) is 0 Å². The summed E-state index contributed by atoms with van der Waals surface area (Å²) in [4.78, 5) is 10.7. The molecule has 3 nitrogen and oxygen atoms in total. The Bertz CT molecular complexity index is 189. The monoisotopic (exact) mass is 185 g/mol. The number of carboxylic acid groups (broad SMARTS) is 1. The molecule has 3 atom stereocenters. The van der Waals surface area contributed by atoms with Gasteiger partial charge < -0.3 is 10.4 Å². The lowest BCUT2D eigenvalue weighted by molar-refractivity contribution is -0.142. The fourth-order valence-electron chi connectivity index (χ4n) is 1.51. The van der Waals surface area contributed by atoms with Crippen LogP contribution in [0.2, 0.25) is 0 Å². The molecular weight excluding hydrogens is 166 g/mol. The zero-order valence-corrected chi connectivity index (χ0v) is 8.58. The molecule has 0 aliphatic heterocycles. The van der Waals surface area contributed by atoms with E-state index >= 15 is 0 Å². The minimum absolute atomic E-state index is 0.0631. The quantitative estimate of drug-likeness (QED) is 0.682. The standard InChI is InChI=1S/C10H19NO2/c1-6(10(12)13)7(2)11-8(3)9-4-5-9/h6-9,11H,4-5H2,1-3H3,(H,12,13). The first-order chi connectivity index (χ1) is 6.02. The Hall–Kier alpha value is -0.570. The third kappa shape index (κ3) is 2.99. The van der Waals surface area contributed by atoms with Crippen LogP contribution >= 0.6 is 0 Å². The van der Waals surface area contributed by atoms with E-state index in [1.807, 2.05) is 6.92 Å². The molecule has 0 radical (unpaired) electrons. The lowest BCUT2D eigenvalue weighted by atomic mass is 10.0. The summed E-state index contributed by atoms with van der Waals surface area (Å²) in [5.41, 5.74) is 0. The summed E-state index contributed by atoms with van der Waals surface area (Å²) in [6.07, 6.45) is 2.59. The molecule has 0 aromatic carbocycles. The number of hydrogen-bond donors (Lipinski definition) is 2. The van der Waals surface area contributed by atoms with Gasteiger partial charge in [-0.25, -0.2) is 0 Å². The first-order valence-corrected chi connectivity index (χ1v) is 5.01. The van der Waals surface area contributed by atoms with Gasteiger partial charge in [0.25, 0.3) is 0 Å². The average Bonchev–Trinajstić information content (AvgIpc) is 2.84. The molecule has 3 heteroatoms. The van der Waals surface area contributed by atoms with Crippen molar-refractivity contribution in [2.75, 3.05) is 0 Å². The largest absolute Gasteiger partial charge is 0.481 e. The van der Waals surface area contributed by atoms with Crippen molar-refractivity contribution >= 4 is 5.97 Å². The van der Waals surface area contributed by atoms with Gasteiger partial charge in [-0.1, -0.05) is 6.92 Å². The summed E-state index contributed by atoms with van der Waals surface area (Å²) in [6, 6.07) is 0.532. The third-order valence-corrected chi connectivity index (χ3v) is 2.99. The molecule has 1 aliphatic carbocycles. The fraction of sp³-hybridized carbons (Fsp3) is 0.900. The van der Waals surface area contributed by atoms with Crippen LogP contribution in [0, 0.1) is 11.8 Å². The van der Waals surface area contributed by atoms with Crippen molar-refractivity contribution in [3.8, 4) is 0 Å². The van der Waals surface area contributed by atoms with E-state index in [0.717, 1.165) is 5.92 Å². The second kappa shape index (κ2) is 4.09. The van der Waals surface area contributed by atoms with Gasteiger partial charge in [0.15, 0.2) is 0 Å². The first-order valence-electron chi connectivity index (χ1n) is 5.01. The maximum atomic E-state index is 10.7. The van der Waals surface area contributed by atoms with E-state index in [1.165, 1.54) is 12.8 Å². The van der Waals surface area contributed by atoms with Gasteiger partial charge in [-0.15, -0.1) is 0 Å². The van der Waals surface area contributed by atoms with Crippen LogP contribution in [0.5, 0.6) is 0 Å². The van der Waals surface area contributed by atoms with Crippen LogP contribution in [0.4, 0.5) is 0 Å². The van der Waals surface area contributed by atoms with Crippen LogP contribution in [0.1, 0.15) is 33.6 Å². The van der Waals surface area contributed by atoms with E-state index < -0.39 is 5.97 Å². The van der Waals surface area contributed by atoms with Gasteiger partial charge in [0.05, 0.1) is 5.92 Å². The van der Waals surface area contributed by atoms with Crippen LogP contribution < -0.4 is 5.32 Å². The summed E-state index contributed by atoms with van der Waals surface area (Å²) in [5, 5.41) is 12.1. The predicted octanol–water partition coefficient (Wildman–Crippen LogP) is 1.48. The lowest BCUT2D eigenvalue weighted by Crippen LogP contribution is -2.42. The van der Waals surface area contributed by atoms with Crippen LogP contribution in [0.3, 0.4) is 0 Å². The minimum atomic E-state index is -0.719. The molecule has 0 amide bonds. The molecule has 1 saturated carbocycles. The van der Waals surface area contributed by atoms with Gasteiger partial charge in [0.1, 0.15) is 0 Å². The topological polar surface area (TPSA) is 49.3 Å². The summed E-state index contributed by atoms with van der Waals surface area (Å²) in [7, 11) is 0. The average molecular weight is 185 g/mol. The van der Waals surface area contributed by atoms with Crippen molar-refractivity contribution in [1.82, 2.24) is 5.32 Å². The molecule has 0 aromatic heterocycles.